The summed E-state index contributed by atoms with van der Waals surface area (Å²) in [5.74, 6) is 0.941. The number of aromatic nitrogens is 3. The number of likely N-dealkylation sites (tertiary alicyclic amines) is 1. The molecule has 2 unspecified atom stereocenters. The van der Waals surface area contributed by atoms with Gasteiger partial charge in [0, 0.05) is 18.8 Å². The molecule has 0 aliphatic carbocycles. The number of rotatable bonds is 2. The third kappa shape index (κ3) is 3.41. The molecule has 2 aromatic heterocycles. The van der Waals surface area contributed by atoms with Crippen LogP contribution in [0.15, 0.2) is 24.4 Å². The topological polar surface area (TPSA) is 83.3 Å². The number of amides is 2. The quantitative estimate of drug-likeness (QED) is 0.884. The van der Waals surface area contributed by atoms with Crippen LogP contribution in [0.5, 0.6) is 0 Å². The number of hydrogen-bond acceptors (Lipinski definition) is 4. The minimum atomic E-state index is -0.462. The van der Waals surface area contributed by atoms with E-state index < -0.39 is 6.10 Å². The number of carbonyl (C=O) groups excluding carboxylic acids is 1. The van der Waals surface area contributed by atoms with Gasteiger partial charge in [-0.25, -0.2) is 14.5 Å². The summed E-state index contributed by atoms with van der Waals surface area (Å²) in [6.45, 7) is 6.93. The lowest BCUT2D eigenvalue weighted by Gasteiger charge is -2.34. The Bertz CT molecular complexity index is 725. The number of aliphatic hydroxyl groups is 1. The molecule has 2 N–H and O–H groups in total. The maximum Gasteiger partial charge on any atom is 0.321 e. The van der Waals surface area contributed by atoms with Gasteiger partial charge in [0.2, 0.25) is 0 Å². The van der Waals surface area contributed by atoms with Crippen LogP contribution in [0.4, 0.5) is 10.5 Å². The number of anilines is 1. The molecule has 0 saturated carbocycles. The molecular weight excluding hydrogens is 306 g/mol. The van der Waals surface area contributed by atoms with E-state index in [4.69, 9.17) is 0 Å². The predicted molar refractivity (Wildman–Crippen MR) is 91.2 cm³/mol. The first-order chi connectivity index (χ1) is 11.4. The van der Waals surface area contributed by atoms with Gasteiger partial charge in [-0.2, -0.15) is 5.10 Å². The summed E-state index contributed by atoms with van der Waals surface area (Å²) in [7, 11) is 0. The van der Waals surface area contributed by atoms with Crippen molar-refractivity contribution >= 4 is 11.7 Å². The van der Waals surface area contributed by atoms with Crippen LogP contribution in [-0.2, 0) is 0 Å². The largest absolute Gasteiger partial charge is 0.391 e. The van der Waals surface area contributed by atoms with Crippen molar-refractivity contribution in [2.24, 2.45) is 5.92 Å². The number of hydrogen-bond donors (Lipinski definition) is 2. The number of nitrogens with zero attached hydrogens (tertiary/aromatic N) is 4. The van der Waals surface area contributed by atoms with E-state index in [0.29, 0.717) is 24.6 Å². The predicted octanol–water partition coefficient (Wildman–Crippen LogP) is 2.12. The smallest absolute Gasteiger partial charge is 0.321 e. The molecule has 2 atom stereocenters. The Kier molecular flexibility index (Phi) is 4.53. The van der Waals surface area contributed by atoms with Gasteiger partial charge in [-0.05, 0) is 44.4 Å². The van der Waals surface area contributed by atoms with E-state index >= 15 is 0 Å². The number of aryl methyl sites for hydroxylation is 2. The summed E-state index contributed by atoms with van der Waals surface area (Å²) >= 11 is 0. The van der Waals surface area contributed by atoms with Gasteiger partial charge in [0.1, 0.15) is 0 Å². The molecule has 2 aromatic rings. The minimum absolute atomic E-state index is 0.207. The van der Waals surface area contributed by atoms with Crippen molar-refractivity contribution < 1.29 is 9.90 Å². The highest BCUT2D eigenvalue weighted by Crippen LogP contribution is 2.18. The van der Waals surface area contributed by atoms with Crippen molar-refractivity contribution in [1.29, 1.82) is 0 Å². The molecule has 128 valence electrons. The Morgan fingerprint density at radius 3 is 2.75 bits per heavy atom. The Labute approximate surface area is 141 Å². The Morgan fingerprint density at radius 2 is 2.17 bits per heavy atom. The second-order valence-corrected chi connectivity index (χ2v) is 6.45. The second-order valence-electron chi connectivity index (χ2n) is 6.45. The molecule has 3 heterocycles. The fourth-order valence-electron chi connectivity index (χ4n) is 2.88. The van der Waals surface area contributed by atoms with E-state index in [9.17, 15) is 9.90 Å². The number of urea groups is 1. The monoisotopic (exact) mass is 329 g/mol. The van der Waals surface area contributed by atoms with E-state index in [1.165, 1.54) is 0 Å². The van der Waals surface area contributed by atoms with E-state index in [0.717, 1.165) is 17.8 Å². The van der Waals surface area contributed by atoms with E-state index in [-0.39, 0.29) is 11.9 Å². The van der Waals surface area contributed by atoms with Crippen molar-refractivity contribution in [3.8, 4) is 5.82 Å². The zero-order chi connectivity index (χ0) is 17.3. The lowest BCUT2D eigenvalue weighted by molar-refractivity contribution is 0.0464. The molecule has 1 fully saturated rings. The molecule has 0 bridgehead atoms. The van der Waals surface area contributed by atoms with Crippen LogP contribution in [0.3, 0.4) is 0 Å². The van der Waals surface area contributed by atoms with Crippen molar-refractivity contribution in [3.63, 3.8) is 0 Å². The van der Waals surface area contributed by atoms with Gasteiger partial charge >= 0.3 is 6.03 Å². The van der Waals surface area contributed by atoms with Gasteiger partial charge in [-0.1, -0.05) is 6.92 Å². The van der Waals surface area contributed by atoms with Crippen LogP contribution in [0, 0.1) is 19.8 Å². The summed E-state index contributed by atoms with van der Waals surface area (Å²) in [6.07, 6.45) is 1.96. The summed E-state index contributed by atoms with van der Waals surface area (Å²) in [4.78, 5) is 18.3. The average Bonchev–Trinajstić information content (AvgIpc) is 2.89. The van der Waals surface area contributed by atoms with Crippen molar-refractivity contribution in [1.82, 2.24) is 19.7 Å². The van der Waals surface area contributed by atoms with Gasteiger partial charge in [0.15, 0.2) is 5.82 Å². The first-order valence-electron chi connectivity index (χ1n) is 8.17. The van der Waals surface area contributed by atoms with Crippen molar-refractivity contribution in [2.45, 2.75) is 33.3 Å². The lowest BCUT2D eigenvalue weighted by Crippen LogP contribution is -2.47. The van der Waals surface area contributed by atoms with Gasteiger partial charge in [0.05, 0.1) is 23.7 Å². The molecule has 3 rings (SSSR count). The van der Waals surface area contributed by atoms with Crippen LogP contribution in [0.25, 0.3) is 5.82 Å². The van der Waals surface area contributed by atoms with Crippen LogP contribution < -0.4 is 5.32 Å². The van der Waals surface area contributed by atoms with Crippen LogP contribution in [0.2, 0.25) is 0 Å². The number of pyridine rings is 1. The van der Waals surface area contributed by atoms with E-state index in [1.54, 1.807) is 21.8 Å². The molecule has 2 amide bonds. The molecule has 7 heteroatoms. The summed E-state index contributed by atoms with van der Waals surface area (Å²) in [6, 6.07) is 5.41. The first-order valence-corrected chi connectivity index (χ1v) is 8.17. The molecule has 24 heavy (non-hydrogen) atoms. The first kappa shape index (κ1) is 16.4. The van der Waals surface area contributed by atoms with E-state index in [2.05, 4.69) is 15.4 Å². The molecule has 0 spiro atoms. The van der Waals surface area contributed by atoms with Crippen molar-refractivity contribution in [2.75, 3.05) is 18.4 Å². The summed E-state index contributed by atoms with van der Waals surface area (Å²) in [5, 5.41) is 17.1. The number of β-amino-alcohol motifs (C(OH)–C–C–N with tert-alkyl or cyclic N) is 1. The summed E-state index contributed by atoms with van der Waals surface area (Å²) in [5.41, 5.74) is 2.57. The van der Waals surface area contributed by atoms with Gasteiger partial charge in [-0.15, -0.1) is 0 Å². The lowest BCUT2D eigenvalue weighted by atomic mass is 9.96. The number of piperidine rings is 1. The zero-order valence-corrected chi connectivity index (χ0v) is 14.2. The average molecular weight is 329 g/mol. The summed E-state index contributed by atoms with van der Waals surface area (Å²) < 4.78 is 1.77. The number of carbonyl (C=O) groups is 1. The van der Waals surface area contributed by atoms with Crippen LogP contribution >= 0.6 is 0 Å². The highest BCUT2D eigenvalue weighted by molar-refractivity contribution is 5.89. The van der Waals surface area contributed by atoms with Crippen LogP contribution in [0.1, 0.15) is 24.7 Å². The minimum Gasteiger partial charge on any atom is -0.391 e. The molecule has 1 aliphatic rings. The fourth-order valence-corrected chi connectivity index (χ4v) is 2.88. The third-order valence-corrected chi connectivity index (χ3v) is 4.43. The zero-order valence-electron chi connectivity index (χ0n) is 14.2. The highest BCUT2D eigenvalue weighted by Gasteiger charge is 2.27. The molecule has 1 saturated heterocycles. The Hall–Kier alpha value is -2.41. The van der Waals surface area contributed by atoms with E-state index in [1.807, 2.05) is 32.9 Å². The molecule has 0 radical (unpaired) electrons. The Balaban J connectivity index is 1.66. The normalized spacial score (nSPS) is 20.9. The molecule has 7 nitrogen and oxygen atoms in total. The van der Waals surface area contributed by atoms with Crippen molar-refractivity contribution in [3.05, 3.63) is 35.8 Å². The van der Waals surface area contributed by atoms with Crippen LogP contribution in [-0.4, -0.2) is 50.0 Å². The third-order valence-electron chi connectivity index (χ3n) is 4.43. The van der Waals surface area contributed by atoms with Gasteiger partial charge < -0.3 is 15.3 Å². The standard InChI is InChI=1S/C17H23N5O2/c1-11-6-7-21(10-15(11)23)17(24)19-14-4-5-16(18-9-14)22-13(3)8-12(2)20-22/h4-5,8-9,11,15,23H,6-7,10H2,1-3H3,(H,19,24). The molecular formula is C17H23N5O2. The highest BCUT2D eigenvalue weighted by atomic mass is 16.3. The number of aliphatic hydroxyl groups excluding tert-OH is 1. The number of nitrogens with one attached hydrogen (secondary N) is 1. The SMILES string of the molecule is Cc1cc(C)n(-c2ccc(NC(=O)N3CCC(C)C(O)C3)cn2)n1. The van der Waals surface area contributed by atoms with Gasteiger partial charge in [-0.3, -0.25) is 0 Å². The second kappa shape index (κ2) is 6.60. The fraction of sp³-hybridized carbons (Fsp3) is 0.471. The maximum atomic E-state index is 12.3. The Morgan fingerprint density at radius 1 is 1.38 bits per heavy atom. The maximum absolute atomic E-state index is 12.3. The van der Waals surface area contributed by atoms with Gasteiger partial charge in [0.25, 0.3) is 0 Å². The molecule has 1 aliphatic heterocycles. The molecule has 0 aromatic carbocycles.